The molecule has 0 unspecified atom stereocenters. The van der Waals surface area contributed by atoms with Crippen molar-refractivity contribution in [2.75, 3.05) is 31.2 Å². The first-order valence-electron chi connectivity index (χ1n) is 8.43. The molecule has 1 fully saturated rings. The lowest BCUT2D eigenvalue weighted by atomic mass is 10.2. The number of nitrogens with zero attached hydrogens (tertiary/aromatic N) is 7. The summed E-state index contributed by atoms with van der Waals surface area (Å²) in [6.45, 7) is 3.96. The lowest BCUT2D eigenvalue weighted by Crippen LogP contribution is -2.37. The van der Waals surface area contributed by atoms with Crippen molar-refractivity contribution in [1.29, 1.82) is 0 Å². The number of hydrogen-bond donors (Lipinski definition) is 0. The van der Waals surface area contributed by atoms with E-state index in [9.17, 15) is 0 Å². The second kappa shape index (κ2) is 7.02. The summed E-state index contributed by atoms with van der Waals surface area (Å²) in [6, 6.07) is 0. The highest BCUT2D eigenvalue weighted by Gasteiger charge is 2.14. The second-order valence-corrected chi connectivity index (χ2v) is 6.09. The van der Waals surface area contributed by atoms with E-state index < -0.39 is 0 Å². The van der Waals surface area contributed by atoms with Crippen molar-refractivity contribution in [2.45, 2.75) is 13.0 Å². The zero-order chi connectivity index (χ0) is 17.1. The lowest BCUT2D eigenvalue weighted by molar-refractivity contribution is 0.122. The highest BCUT2D eigenvalue weighted by atomic mass is 16.5. The van der Waals surface area contributed by atoms with Gasteiger partial charge in [0.1, 0.15) is 5.82 Å². The Kier molecular flexibility index (Phi) is 4.43. The fourth-order valence-corrected chi connectivity index (χ4v) is 2.96. The Hall–Kier alpha value is -2.74. The molecule has 4 rings (SSSR count). The summed E-state index contributed by atoms with van der Waals surface area (Å²) in [4.78, 5) is 15.6. The molecule has 1 saturated heterocycles. The number of hydrogen-bond acceptors (Lipinski definition) is 6. The van der Waals surface area contributed by atoms with Gasteiger partial charge in [0.15, 0.2) is 0 Å². The summed E-state index contributed by atoms with van der Waals surface area (Å²) in [5, 5.41) is 4.21. The molecule has 4 heterocycles. The van der Waals surface area contributed by atoms with E-state index in [1.165, 1.54) is 5.56 Å². The van der Waals surface area contributed by atoms with Gasteiger partial charge in [0.2, 0.25) is 5.95 Å². The molecule has 3 aromatic rings. The fourth-order valence-electron chi connectivity index (χ4n) is 2.96. The van der Waals surface area contributed by atoms with Gasteiger partial charge in [-0.3, -0.25) is 4.68 Å². The van der Waals surface area contributed by atoms with Crippen molar-refractivity contribution >= 4 is 5.95 Å². The van der Waals surface area contributed by atoms with Crippen LogP contribution < -0.4 is 4.90 Å². The number of aryl methyl sites for hydroxylation is 3. The number of morpholine rings is 1. The molecule has 0 N–H and O–H groups in total. The van der Waals surface area contributed by atoms with Gasteiger partial charge in [0.05, 0.1) is 25.0 Å². The van der Waals surface area contributed by atoms with Crippen LogP contribution in [0.4, 0.5) is 5.95 Å². The topological polar surface area (TPSA) is 73.9 Å². The van der Waals surface area contributed by atoms with Gasteiger partial charge < -0.3 is 14.2 Å². The van der Waals surface area contributed by atoms with E-state index >= 15 is 0 Å². The minimum Gasteiger partial charge on any atom is -0.378 e. The summed E-state index contributed by atoms with van der Waals surface area (Å²) in [5.41, 5.74) is 2.13. The SMILES string of the molecule is Cn1cc(CCn2ccnc2-c2cnc(N3CCOCC3)nc2)cn1. The monoisotopic (exact) mass is 339 g/mol. The molecule has 8 nitrogen and oxygen atoms in total. The number of imidazole rings is 1. The maximum atomic E-state index is 5.37. The van der Waals surface area contributed by atoms with Crippen LogP contribution in [0, 0.1) is 0 Å². The minimum atomic E-state index is 0.726. The largest absolute Gasteiger partial charge is 0.378 e. The van der Waals surface area contributed by atoms with E-state index in [0.717, 1.165) is 56.6 Å². The van der Waals surface area contributed by atoms with Crippen LogP contribution in [0.25, 0.3) is 11.4 Å². The molecule has 0 radical (unpaired) electrons. The Labute approximate surface area is 146 Å². The van der Waals surface area contributed by atoms with E-state index in [-0.39, 0.29) is 0 Å². The molecule has 0 atom stereocenters. The van der Waals surface area contributed by atoms with Crippen LogP contribution in [0.1, 0.15) is 5.56 Å². The minimum absolute atomic E-state index is 0.726. The van der Waals surface area contributed by atoms with Crippen LogP contribution in [0.5, 0.6) is 0 Å². The number of ether oxygens (including phenoxy) is 1. The van der Waals surface area contributed by atoms with Crippen LogP contribution >= 0.6 is 0 Å². The number of anilines is 1. The van der Waals surface area contributed by atoms with Crippen LogP contribution in [-0.2, 0) is 24.8 Å². The lowest BCUT2D eigenvalue weighted by Gasteiger charge is -2.26. The molecule has 0 aromatic carbocycles. The molecule has 1 aliphatic heterocycles. The molecule has 0 amide bonds. The molecular formula is C17H21N7O. The van der Waals surface area contributed by atoms with E-state index in [4.69, 9.17) is 4.74 Å². The second-order valence-electron chi connectivity index (χ2n) is 6.09. The molecule has 0 spiro atoms. The molecule has 1 aliphatic rings. The Morgan fingerprint density at radius 1 is 1.08 bits per heavy atom. The van der Waals surface area contributed by atoms with Crippen LogP contribution in [0.15, 0.2) is 37.2 Å². The number of aromatic nitrogens is 6. The number of rotatable bonds is 5. The van der Waals surface area contributed by atoms with Gasteiger partial charge in [-0.2, -0.15) is 5.10 Å². The summed E-state index contributed by atoms with van der Waals surface area (Å²) >= 11 is 0. The van der Waals surface area contributed by atoms with Crippen molar-refractivity contribution in [2.24, 2.45) is 7.05 Å². The maximum absolute atomic E-state index is 5.37. The third-order valence-electron chi connectivity index (χ3n) is 4.31. The standard InChI is InChI=1S/C17H21N7O/c1-22-13-14(10-21-22)2-4-23-5-3-18-16(23)15-11-19-17(20-12-15)24-6-8-25-9-7-24/h3,5,10-13H,2,4,6-9H2,1H3. The van der Waals surface area contributed by atoms with Crippen LogP contribution in [-0.4, -0.2) is 55.6 Å². The van der Waals surface area contributed by atoms with Gasteiger partial charge in [-0.25, -0.2) is 15.0 Å². The Morgan fingerprint density at radius 2 is 1.88 bits per heavy atom. The Balaban J connectivity index is 1.47. The molecular weight excluding hydrogens is 318 g/mol. The highest BCUT2D eigenvalue weighted by Crippen LogP contribution is 2.18. The Bertz CT molecular complexity index is 818. The van der Waals surface area contributed by atoms with Crippen molar-refractivity contribution in [3.63, 3.8) is 0 Å². The van der Waals surface area contributed by atoms with Crippen molar-refractivity contribution < 1.29 is 4.74 Å². The molecule has 8 heteroatoms. The first kappa shape index (κ1) is 15.8. The predicted octanol–water partition coefficient (Wildman–Crippen LogP) is 1.15. The molecule has 0 aliphatic carbocycles. The first-order valence-corrected chi connectivity index (χ1v) is 8.43. The third kappa shape index (κ3) is 3.53. The maximum Gasteiger partial charge on any atom is 0.225 e. The average Bonchev–Trinajstić information content (AvgIpc) is 3.29. The van der Waals surface area contributed by atoms with Crippen molar-refractivity contribution in [1.82, 2.24) is 29.3 Å². The van der Waals surface area contributed by atoms with Gasteiger partial charge in [-0.05, 0) is 12.0 Å². The Morgan fingerprint density at radius 3 is 2.60 bits per heavy atom. The smallest absolute Gasteiger partial charge is 0.225 e. The summed E-state index contributed by atoms with van der Waals surface area (Å²) in [6.07, 6.45) is 12.3. The van der Waals surface area contributed by atoms with E-state index in [1.807, 2.05) is 48.9 Å². The van der Waals surface area contributed by atoms with Gasteiger partial charge in [0.25, 0.3) is 0 Å². The van der Waals surface area contributed by atoms with Gasteiger partial charge in [-0.15, -0.1) is 0 Å². The van der Waals surface area contributed by atoms with E-state index in [0.29, 0.717) is 0 Å². The summed E-state index contributed by atoms with van der Waals surface area (Å²) in [5.74, 6) is 1.64. The molecule has 0 bridgehead atoms. The van der Waals surface area contributed by atoms with Gasteiger partial charge in [-0.1, -0.05) is 0 Å². The van der Waals surface area contributed by atoms with Crippen molar-refractivity contribution in [3.05, 3.63) is 42.7 Å². The van der Waals surface area contributed by atoms with E-state index in [1.54, 1.807) is 0 Å². The summed E-state index contributed by atoms with van der Waals surface area (Å²) in [7, 11) is 1.93. The molecule has 130 valence electrons. The zero-order valence-electron chi connectivity index (χ0n) is 14.2. The van der Waals surface area contributed by atoms with Gasteiger partial charge in [0, 0.05) is 57.7 Å². The van der Waals surface area contributed by atoms with E-state index in [2.05, 4.69) is 29.5 Å². The van der Waals surface area contributed by atoms with Gasteiger partial charge >= 0.3 is 0 Å². The van der Waals surface area contributed by atoms with Crippen LogP contribution in [0.3, 0.4) is 0 Å². The first-order chi connectivity index (χ1) is 12.3. The molecule has 3 aromatic heterocycles. The average molecular weight is 339 g/mol. The summed E-state index contributed by atoms with van der Waals surface area (Å²) < 4.78 is 9.31. The normalized spacial score (nSPS) is 14.8. The zero-order valence-corrected chi connectivity index (χ0v) is 14.2. The quantitative estimate of drug-likeness (QED) is 0.694. The van der Waals surface area contributed by atoms with Crippen molar-refractivity contribution in [3.8, 4) is 11.4 Å². The molecule has 25 heavy (non-hydrogen) atoms. The third-order valence-corrected chi connectivity index (χ3v) is 4.31. The highest BCUT2D eigenvalue weighted by molar-refractivity contribution is 5.54. The van der Waals surface area contributed by atoms with Crippen LogP contribution in [0.2, 0.25) is 0 Å². The predicted molar refractivity (Wildman–Crippen MR) is 93.2 cm³/mol. The fraction of sp³-hybridized carbons (Fsp3) is 0.412. The molecule has 0 saturated carbocycles.